The third kappa shape index (κ3) is 5.35. The van der Waals surface area contributed by atoms with Crippen molar-refractivity contribution in [2.45, 2.75) is 39.3 Å². The van der Waals surface area contributed by atoms with Crippen molar-refractivity contribution < 1.29 is 19.1 Å². The Labute approximate surface area is 164 Å². The van der Waals surface area contributed by atoms with Crippen LogP contribution in [0.15, 0.2) is 42.5 Å². The molecule has 0 saturated carbocycles. The highest BCUT2D eigenvalue weighted by Crippen LogP contribution is 2.31. The average molecular weight is 386 g/mol. The number of nitrogen functional groups attached to an aromatic ring is 1. The summed E-state index contributed by atoms with van der Waals surface area (Å²) in [5, 5.41) is 2.55. The van der Waals surface area contributed by atoms with E-state index in [1.54, 1.807) is 64.1 Å². The van der Waals surface area contributed by atoms with E-state index in [0.717, 1.165) is 0 Å². The average Bonchev–Trinajstić information content (AvgIpc) is 2.62. The van der Waals surface area contributed by atoms with Crippen molar-refractivity contribution in [1.82, 2.24) is 10.3 Å². The minimum absolute atomic E-state index is 0.216. The van der Waals surface area contributed by atoms with Gasteiger partial charge in [0.05, 0.1) is 18.5 Å². The SMILES string of the molecule is COc1ccc(N)c(N(C(=O)[C@H](C)NC(=O)OC(C)(C)C)c2ccccc2)n1. The van der Waals surface area contributed by atoms with Gasteiger partial charge in [-0.2, -0.15) is 4.98 Å². The molecule has 150 valence electrons. The van der Waals surface area contributed by atoms with E-state index in [0.29, 0.717) is 17.3 Å². The number of nitrogens with one attached hydrogen (secondary N) is 1. The Hall–Kier alpha value is -3.29. The standard InChI is InChI=1S/C20H26N4O4/c1-13(22-19(26)28-20(2,3)4)18(25)24(14-9-7-6-8-10-14)17-15(21)11-12-16(23-17)27-5/h6-13H,21H2,1-5H3,(H,22,26)/t13-/m0/s1. The third-order valence-electron chi connectivity index (χ3n) is 3.64. The number of hydrogen-bond acceptors (Lipinski definition) is 6. The predicted octanol–water partition coefficient (Wildman–Crippen LogP) is 3.25. The van der Waals surface area contributed by atoms with Crippen LogP contribution >= 0.6 is 0 Å². The van der Waals surface area contributed by atoms with E-state index in [2.05, 4.69) is 10.3 Å². The van der Waals surface area contributed by atoms with Crippen molar-refractivity contribution in [1.29, 1.82) is 0 Å². The number of nitrogens with two attached hydrogens (primary N) is 1. The van der Waals surface area contributed by atoms with E-state index in [-0.39, 0.29) is 5.82 Å². The highest BCUT2D eigenvalue weighted by molar-refractivity contribution is 6.05. The molecule has 8 nitrogen and oxygen atoms in total. The molecule has 3 N–H and O–H groups in total. The topological polar surface area (TPSA) is 107 Å². The normalized spacial score (nSPS) is 12.0. The molecule has 2 rings (SSSR count). The number of hydrogen-bond donors (Lipinski definition) is 2. The summed E-state index contributed by atoms with van der Waals surface area (Å²) in [7, 11) is 1.48. The zero-order valence-electron chi connectivity index (χ0n) is 16.7. The lowest BCUT2D eigenvalue weighted by molar-refractivity contribution is -0.119. The summed E-state index contributed by atoms with van der Waals surface area (Å²) in [6.07, 6.45) is -0.687. The second kappa shape index (κ2) is 8.60. The zero-order valence-corrected chi connectivity index (χ0v) is 16.7. The minimum Gasteiger partial charge on any atom is -0.481 e. The molecule has 0 saturated heterocycles. The van der Waals surface area contributed by atoms with Gasteiger partial charge in [0.15, 0.2) is 5.82 Å². The van der Waals surface area contributed by atoms with Crippen LogP contribution in [-0.2, 0) is 9.53 Å². The van der Waals surface area contributed by atoms with Crippen LogP contribution in [0.3, 0.4) is 0 Å². The van der Waals surface area contributed by atoms with Crippen molar-refractivity contribution in [3.05, 3.63) is 42.5 Å². The number of ether oxygens (including phenoxy) is 2. The monoisotopic (exact) mass is 386 g/mol. The molecule has 1 aromatic heterocycles. The number of aromatic nitrogens is 1. The Bertz CT molecular complexity index is 834. The number of anilines is 3. The molecular weight excluding hydrogens is 360 g/mol. The van der Waals surface area contributed by atoms with Crippen molar-refractivity contribution in [3.8, 4) is 5.88 Å². The van der Waals surface area contributed by atoms with Crippen LogP contribution in [0, 0.1) is 0 Å². The van der Waals surface area contributed by atoms with E-state index >= 15 is 0 Å². The van der Waals surface area contributed by atoms with Crippen LogP contribution in [0.2, 0.25) is 0 Å². The number of carbonyl (C=O) groups is 2. The summed E-state index contributed by atoms with van der Waals surface area (Å²) in [6.45, 7) is 6.81. The predicted molar refractivity (Wildman–Crippen MR) is 108 cm³/mol. The first-order valence-electron chi connectivity index (χ1n) is 8.81. The number of alkyl carbamates (subject to hydrolysis) is 1. The number of methoxy groups -OCH3 is 1. The van der Waals surface area contributed by atoms with Crippen molar-refractivity contribution in [3.63, 3.8) is 0 Å². The van der Waals surface area contributed by atoms with Crippen molar-refractivity contribution in [2.24, 2.45) is 0 Å². The van der Waals surface area contributed by atoms with Crippen LogP contribution in [0.1, 0.15) is 27.7 Å². The first-order valence-corrected chi connectivity index (χ1v) is 8.81. The highest BCUT2D eigenvalue weighted by Gasteiger charge is 2.29. The number of benzene rings is 1. The van der Waals surface area contributed by atoms with Gasteiger partial charge in [0.25, 0.3) is 5.91 Å². The fraction of sp³-hybridized carbons (Fsp3) is 0.350. The molecule has 1 atom stereocenters. The van der Waals surface area contributed by atoms with Crippen LogP contribution < -0.4 is 20.7 Å². The maximum atomic E-state index is 13.2. The van der Waals surface area contributed by atoms with E-state index < -0.39 is 23.6 Å². The molecule has 0 aliphatic rings. The Morgan fingerprint density at radius 1 is 1.14 bits per heavy atom. The van der Waals surface area contributed by atoms with E-state index in [4.69, 9.17) is 15.2 Å². The third-order valence-corrected chi connectivity index (χ3v) is 3.64. The van der Waals surface area contributed by atoms with Crippen molar-refractivity contribution in [2.75, 3.05) is 17.7 Å². The van der Waals surface area contributed by atoms with Gasteiger partial charge in [-0.15, -0.1) is 0 Å². The first kappa shape index (κ1) is 21.0. The summed E-state index contributed by atoms with van der Waals surface area (Å²) in [5.74, 6) is 0.101. The Morgan fingerprint density at radius 2 is 1.79 bits per heavy atom. The Balaban J connectivity index is 2.38. The van der Waals surface area contributed by atoms with E-state index in [9.17, 15) is 9.59 Å². The molecule has 0 spiro atoms. The summed E-state index contributed by atoms with van der Waals surface area (Å²) >= 11 is 0. The molecular formula is C20H26N4O4. The van der Waals surface area contributed by atoms with Gasteiger partial charge in [0.2, 0.25) is 5.88 Å². The van der Waals surface area contributed by atoms with Gasteiger partial charge in [-0.25, -0.2) is 4.79 Å². The second-order valence-electron chi connectivity index (χ2n) is 7.14. The maximum absolute atomic E-state index is 13.2. The van der Waals surface area contributed by atoms with E-state index in [1.165, 1.54) is 12.0 Å². The molecule has 0 aliphatic carbocycles. The lowest BCUT2D eigenvalue weighted by atomic mass is 10.2. The minimum atomic E-state index is -0.887. The number of pyridine rings is 1. The van der Waals surface area contributed by atoms with Crippen molar-refractivity contribution >= 4 is 29.2 Å². The van der Waals surface area contributed by atoms with Gasteiger partial charge in [-0.05, 0) is 45.9 Å². The summed E-state index contributed by atoms with van der Waals surface area (Å²) in [6, 6.07) is 11.2. The van der Waals surface area contributed by atoms with Crippen LogP contribution in [0.4, 0.5) is 22.0 Å². The summed E-state index contributed by atoms with van der Waals surface area (Å²) in [4.78, 5) is 31.0. The van der Waals surface area contributed by atoms with E-state index in [1.807, 2.05) is 6.07 Å². The molecule has 8 heteroatoms. The summed E-state index contributed by atoms with van der Waals surface area (Å²) < 4.78 is 10.4. The van der Waals surface area contributed by atoms with Gasteiger partial charge in [0, 0.05) is 6.07 Å². The Morgan fingerprint density at radius 3 is 2.36 bits per heavy atom. The molecule has 0 radical (unpaired) electrons. The lowest BCUT2D eigenvalue weighted by Gasteiger charge is -2.27. The second-order valence-corrected chi connectivity index (χ2v) is 7.14. The van der Waals surface area contributed by atoms with Crippen LogP contribution in [-0.4, -0.2) is 35.7 Å². The fourth-order valence-corrected chi connectivity index (χ4v) is 2.41. The van der Waals surface area contributed by atoms with Gasteiger partial charge in [-0.1, -0.05) is 18.2 Å². The molecule has 1 heterocycles. The summed E-state index contributed by atoms with van der Waals surface area (Å²) in [5.41, 5.74) is 6.25. The smallest absolute Gasteiger partial charge is 0.408 e. The molecule has 0 fully saturated rings. The molecule has 2 amide bonds. The van der Waals surface area contributed by atoms with Gasteiger partial charge in [-0.3, -0.25) is 9.69 Å². The lowest BCUT2D eigenvalue weighted by Crippen LogP contribution is -2.47. The van der Waals surface area contributed by atoms with Gasteiger partial charge in [0.1, 0.15) is 11.6 Å². The zero-order chi connectivity index (χ0) is 20.9. The number of nitrogens with zero attached hydrogens (tertiary/aromatic N) is 2. The highest BCUT2D eigenvalue weighted by atomic mass is 16.6. The number of para-hydroxylation sites is 1. The molecule has 0 bridgehead atoms. The molecule has 0 aliphatic heterocycles. The van der Waals surface area contributed by atoms with Crippen LogP contribution in [0.5, 0.6) is 5.88 Å². The fourth-order valence-electron chi connectivity index (χ4n) is 2.41. The van der Waals surface area contributed by atoms with Crippen LogP contribution in [0.25, 0.3) is 0 Å². The molecule has 0 unspecified atom stereocenters. The van der Waals surface area contributed by atoms with Gasteiger partial charge >= 0.3 is 6.09 Å². The number of carbonyl (C=O) groups excluding carboxylic acids is 2. The first-order chi connectivity index (χ1) is 13.1. The molecule has 28 heavy (non-hydrogen) atoms. The molecule has 2 aromatic rings. The quantitative estimate of drug-likeness (QED) is 0.817. The van der Waals surface area contributed by atoms with Gasteiger partial charge < -0.3 is 20.5 Å². The molecule has 1 aromatic carbocycles. The largest absolute Gasteiger partial charge is 0.481 e. The Kier molecular flexibility index (Phi) is 6.45. The number of amides is 2. The maximum Gasteiger partial charge on any atom is 0.408 e. The number of rotatable bonds is 5.